The van der Waals surface area contributed by atoms with Crippen molar-refractivity contribution in [2.24, 2.45) is 5.10 Å². The molecule has 0 fully saturated rings. The van der Waals surface area contributed by atoms with Crippen molar-refractivity contribution in [2.75, 3.05) is 11.6 Å². The SMILES string of the molecule is CCOC(=O)c1ccc(N2N=C(NC(C)=O)CC2=O)cc1. The molecule has 7 heteroatoms. The van der Waals surface area contributed by atoms with E-state index in [-0.39, 0.29) is 18.2 Å². The Kier molecular flexibility index (Phi) is 4.32. The highest BCUT2D eigenvalue weighted by atomic mass is 16.5. The van der Waals surface area contributed by atoms with E-state index in [0.29, 0.717) is 23.7 Å². The van der Waals surface area contributed by atoms with Crippen molar-refractivity contribution in [3.8, 4) is 0 Å². The molecule has 21 heavy (non-hydrogen) atoms. The van der Waals surface area contributed by atoms with Crippen LogP contribution in [0.15, 0.2) is 29.4 Å². The van der Waals surface area contributed by atoms with Crippen LogP contribution in [0.1, 0.15) is 30.6 Å². The summed E-state index contributed by atoms with van der Waals surface area (Å²) in [6, 6.07) is 6.33. The van der Waals surface area contributed by atoms with Crippen LogP contribution in [0, 0.1) is 0 Å². The van der Waals surface area contributed by atoms with Crippen LogP contribution in [0.4, 0.5) is 5.69 Å². The van der Waals surface area contributed by atoms with E-state index in [1.165, 1.54) is 11.9 Å². The van der Waals surface area contributed by atoms with Gasteiger partial charge in [0.1, 0.15) is 5.84 Å². The molecule has 7 nitrogen and oxygen atoms in total. The first-order valence-corrected chi connectivity index (χ1v) is 6.46. The Labute approximate surface area is 121 Å². The van der Waals surface area contributed by atoms with Crippen molar-refractivity contribution in [1.29, 1.82) is 0 Å². The van der Waals surface area contributed by atoms with Gasteiger partial charge in [0.25, 0.3) is 5.91 Å². The van der Waals surface area contributed by atoms with Crippen molar-refractivity contribution in [3.05, 3.63) is 29.8 Å². The van der Waals surface area contributed by atoms with Crippen molar-refractivity contribution in [3.63, 3.8) is 0 Å². The van der Waals surface area contributed by atoms with E-state index < -0.39 is 5.97 Å². The average molecular weight is 289 g/mol. The van der Waals surface area contributed by atoms with Crippen LogP contribution in [0.2, 0.25) is 0 Å². The maximum absolute atomic E-state index is 11.9. The fourth-order valence-electron chi connectivity index (χ4n) is 1.86. The van der Waals surface area contributed by atoms with Gasteiger partial charge in [-0.05, 0) is 31.2 Å². The summed E-state index contributed by atoms with van der Waals surface area (Å²) in [7, 11) is 0. The number of rotatable bonds is 3. The minimum atomic E-state index is -0.417. The van der Waals surface area contributed by atoms with Crippen molar-refractivity contribution in [2.45, 2.75) is 20.3 Å². The van der Waals surface area contributed by atoms with Gasteiger partial charge in [-0.2, -0.15) is 10.1 Å². The summed E-state index contributed by atoms with van der Waals surface area (Å²) >= 11 is 0. The number of nitrogens with zero attached hydrogens (tertiary/aromatic N) is 2. The van der Waals surface area contributed by atoms with Gasteiger partial charge in [-0.3, -0.25) is 9.59 Å². The molecule has 1 aromatic rings. The molecule has 1 heterocycles. The highest BCUT2D eigenvalue weighted by Gasteiger charge is 2.25. The van der Waals surface area contributed by atoms with Crippen molar-refractivity contribution < 1.29 is 19.1 Å². The number of hydrazone groups is 1. The van der Waals surface area contributed by atoms with Crippen LogP contribution in [0.5, 0.6) is 0 Å². The second kappa shape index (κ2) is 6.17. The number of esters is 1. The molecule has 110 valence electrons. The second-order valence-electron chi connectivity index (χ2n) is 4.38. The molecule has 0 atom stereocenters. The zero-order chi connectivity index (χ0) is 15.4. The molecule has 1 aliphatic rings. The summed E-state index contributed by atoms with van der Waals surface area (Å²) in [5, 5.41) is 7.73. The maximum Gasteiger partial charge on any atom is 0.338 e. The minimum Gasteiger partial charge on any atom is -0.462 e. The van der Waals surface area contributed by atoms with Gasteiger partial charge < -0.3 is 10.1 Å². The Bertz CT molecular complexity index is 607. The van der Waals surface area contributed by atoms with Gasteiger partial charge >= 0.3 is 5.97 Å². The minimum absolute atomic E-state index is 0.0409. The number of hydrogen-bond donors (Lipinski definition) is 1. The van der Waals surface area contributed by atoms with Crippen LogP contribution in [-0.2, 0) is 14.3 Å². The fourth-order valence-corrected chi connectivity index (χ4v) is 1.86. The first-order chi connectivity index (χ1) is 10.0. The number of anilines is 1. The number of amides is 2. The van der Waals surface area contributed by atoms with Crippen LogP contribution < -0.4 is 10.3 Å². The standard InChI is InChI=1S/C14H15N3O4/c1-3-21-14(20)10-4-6-11(7-5-10)17-13(19)8-12(16-17)15-9(2)18/h4-7H,3,8H2,1-2H3,(H,15,16,18). The third-order valence-corrected chi connectivity index (χ3v) is 2.72. The van der Waals surface area contributed by atoms with Crippen LogP contribution in [0.25, 0.3) is 0 Å². The monoisotopic (exact) mass is 289 g/mol. The van der Waals surface area contributed by atoms with Gasteiger partial charge in [-0.25, -0.2) is 4.79 Å². The Balaban J connectivity index is 2.15. The van der Waals surface area contributed by atoms with E-state index in [1.807, 2.05) is 0 Å². The lowest BCUT2D eigenvalue weighted by Gasteiger charge is -2.11. The Hall–Kier alpha value is -2.70. The van der Waals surface area contributed by atoms with E-state index in [2.05, 4.69) is 10.4 Å². The molecule has 0 radical (unpaired) electrons. The van der Waals surface area contributed by atoms with E-state index in [1.54, 1.807) is 31.2 Å². The molecule has 0 saturated carbocycles. The topological polar surface area (TPSA) is 88.1 Å². The predicted molar refractivity (Wildman–Crippen MR) is 75.8 cm³/mol. The molecule has 0 aromatic heterocycles. The number of hydrogen-bond acceptors (Lipinski definition) is 5. The number of carbonyl (C=O) groups excluding carboxylic acids is 3. The number of carbonyl (C=O) groups is 3. The summed E-state index contributed by atoms with van der Waals surface area (Å²) in [4.78, 5) is 34.4. The lowest BCUT2D eigenvalue weighted by atomic mass is 10.2. The quantitative estimate of drug-likeness (QED) is 0.842. The number of nitrogens with one attached hydrogen (secondary N) is 1. The summed E-state index contributed by atoms with van der Waals surface area (Å²) in [6.45, 7) is 3.38. The Morgan fingerprint density at radius 2 is 2.00 bits per heavy atom. The number of amidine groups is 1. The van der Waals surface area contributed by atoms with Crippen molar-refractivity contribution >= 4 is 29.3 Å². The van der Waals surface area contributed by atoms with Gasteiger partial charge in [0.2, 0.25) is 5.91 Å². The molecular weight excluding hydrogens is 274 g/mol. The third kappa shape index (κ3) is 3.44. The normalized spacial score (nSPS) is 13.9. The summed E-state index contributed by atoms with van der Waals surface area (Å²) < 4.78 is 4.88. The highest BCUT2D eigenvalue weighted by molar-refractivity contribution is 6.15. The van der Waals surface area contributed by atoms with E-state index >= 15 is 0 Å². The van der Waals surface area contributed by atoms with Gasteiger partial charge in [-0.1, -0.05) is 0 Å². The van der Waals surface area contributed by atoms with Crippen molar-refractivity contribution in [1.82, 2.24) is 5.32 Å². The molecular formula is C14H15N3O4. The van der Waals surface area contributed by atoms with Gasteiger partial charge in [0.15, 0.2) is 0 Å². The van der Waals surface area contributed by atoms with E-state index in [0.717, 1.165) is 0 Å². The van der Waals surface area contributed by atoms with Gasteiger partial charge in [0.05, 0.1) is 24.3 Å². The molecule has 1 N–H and O–H groups in total. The van der Waals surface area contributed by atoms with E-state index in [9.17, 15) is 14.4 Å². The van der Waals surface area contributed by atoms with Gasteiger partial charge in [0, 0.05) is 6.92 Å². The summed E-state index contributed by atoms with van der Waals surface area (Å²) in [5.74, 6) is -0.634. The molecule has 0 aliphatic carbocycles. The summed E-state index contributed by atoms with van der Waals surface area (Å²) in [5.41, 5.74) is 0.923. The smallest absolute Gasteiger partial charge is 0.338 e. The van der Waals surface area contributed by atoms with Crippen LogP contribution >= 0.6 is 0 Å². The lowest BCUT2D eigenvalue weighted by molar-refractivity contribution is -0.117. The van der Waals surface area contributed by atoms with Gasteiger partial charge in [-0.15, -0.1) is 0 Å². The molecule has 2 amide bonds. The first-order valence-electron chi connectivity index (χ1n) is 6.46. The zero-order valence-electron chi connectivity index (χ0n) is 11.8. The van der Waals surface area contributed by atoms with Crippen LogP contribution in [-0.4, -0.2) is 30.2 Å². The molecule has 0 saturated heterocycles. The molecule has 1 aromatic carbocycles. The molecule has 0 unspecified atom stereocenters. The maximum atomic E-state index is 11.9. The number of benzene rings is 1. The fraction of sp³-hybridized carbons (Fsp3) is 0.286. The lowest BCUT2D eigenvalue weighted by Crippen LogP contribution is -2.27. The molecule has 1 aliphatic heterocycles. The molecule has 0 bridgehead atoms. The molecule has 0 spiro atoms. The predicted octanol–water partition coefficient (Wildman–Crippen LogP) is 1.05. The Morgan fingerprint density at radius 1 is 1.33 bits per heavy atom. The van der Waals surface area contributed by atoms with Crippen LogP contribution in [0.3, 0.4) is 0 Å². The second-order valence-corrected chi connectivity index (χ2v) is 4.38. The number of ether oxygens (including phenoxy) is 1. The molecule has 2 rings (SSSR count). The average Bonchev–Trinajstić information content (AvgIpc) is 2.79. The zero-order valence-corrected chi connectivity index (χ0v) is 11.8. The highest BCUT2D eigenvalue weighted by Crippen LogP contribution is 2.20. The first kappa shape index (κ1) is 14.7. The summed E-state index contributed by atoms with van der Waals surface area (Å²) in [6.07, 6.45) is 0.0409. The Morgan fingerprint density at radius 3 is 2.57 bits per heavy atom. The van der Waals surface area contributed by atoms with E-state index in [4.69, 9.17) is 4.74 Å². The largest absolute Gasteiger partial charge is 0.462 e. The third-order valence-electron chi connectivity index (χ3n) is 2.72.